The van der Waals surface area contributed by atoms with E-state index in [0.29, 0.717) is 6.61 Å². The molecule has 0 aromatic carbocycles. The van der Waals surface area contributed by atoms with E-state index in [1.807, 2.05) is 43.8 Å². The highest BCUT2D eigenvalue weighted by Crippen LogP contribution is 2.33. The molecule has 1 aliphatic rings. The molecule has 4 aromatic heterocycles. The summed E-state index contributed by atoms with van der Waals surface area (Å²) in [6, 6.07) is 6.03. The van der Waals surface area contributed by atoms with Gasteiger partial charge in [0, 0.05) is 60.9 Å². The van der Waals surface area contributed by atoms with Crippen LogP contribution < -0.4 is 10.1 Å². The first-order valence-electron chi connectivity index (χ1n) is 9.63. The topological polar surface area (TPSA) is 90.6 Å². The van der Waals surface area contributed by atoms with Gasteiger partial charge in [0.25, 0.3) is 0 Å². The lowest BCUT2D eigenvalue weighted by atomic mass is 10.00. The molecule has 0 saturated heterocycles. The number of fused-ring (bicyclic) bond motifs is 2. The molecular weight excluding hydrogens is 366 g/mol. The van der Waals surface area contributed by atoms with E-state index in [2.05, 4.69) is 37.3 Å². The van der Waals surface area contributed by atoms with Crippen molar-refractivity contribution in [3.63, 3.8) is 0 Å². The molecule has 1 atom stereocenters. The molecule has 29 heavy (non-hydrogen) atoms. The van der Waals surface area contributed by atoms with E-state index < -0.39 is 0 Å². The van der Waals surface area contributed by atoms with Crippen LogP contribution in [0.3, 0.4) is 0 Å². The number of aryl methyl sites for hydroxylation is 1. The van der Waals surface area contributed by atoms with Gasteiger partial charge in [0.1, 0.15) is 17.9 Å². The maximum atomic E-state index is 5.79. The van der Waals surface area contributed by atoms with E-state index in [-0.39, 0.29) is 5.92 Å². The highest BCUT2D eigenvalue weighted by molar-refractivity contribution is 5.80. The summed E-state index contributed by atoms with van der Waals surface area (Å²) in [6.07, 6.45) is 7.94. The van der Waals surface area contributed by atoms with Crippen molar-refractivity contribution in [3.8, 4) is 17.0 Å². The summed E-state index contributed by atoms with van der Waals surface area (Å²) < 4.78 is 7.54. The second-order valence-electron chi connectivity index (χ2n) is 7.25. The number of hydrogen-bond acceptors (Lipinski definition) is 7. The number of nitrogens with one attached hydrogen (secondary N) is 1. The Hall–Kier alpha value is -3.55. The predicted octanol–water partition coefficient (Wildman–Crippen LogP) is 2.97. The first kappa shape index (κ1) is 17.5. The van der Waals surface area contributed by atoms with Crippen LogP contribution in [0.4, 0.5) is 5.82 Å². The Morgan fingerprint density at radius 1 is 1.17 bits per heavy atom. The lowest BCUT2D eigenvalue weighted by Crippen LogP contribution is -2.12. The smallest absolute Gasteiger partial charge is 0.157 e. The number of hydrogen-bond donors (Lipinski definition) is 1. The van der Waals surface area contributed by atoms with Crippen molar-refractivity contribution >= 4 is 16.9 Å². The van der Waals surface area contributed by atoms with Crippen LogP contribution >= 0.6 is 0 Å². The summed E-state index contributed by atoms with van der Waals surface area (Å²) in [7, 11) is 1.88. The Morgan fingerprint density at radius 3 is 3.03 bits per heavy atom. The lowest BCUT2D eigenvalue weighted by molar-refractivity contribution is 0.352. The van der Waals surface area contributed by atoms with Gasteiger partial charge in [-0.1, -0.05) is 6.92 Å². The summed E-state index contributed by atoms with van der Waals surface area (Å²) in [5.74, 6) is 1.98. The average molecular weight is 387 g/mol. The van der Waals surface area contributed by atoms with Gasteiger partial charge < -0.3 is 10.1 Å². The second-order valence-corrected chi connectivity index (χ2v) is 7.25. The maximum absolute atomic E-state index is 5.79. The average Bonchev–Trinajstić information content (AvgIpc) is 3.38. The highest BCUT2D eigenvalue weighted by atomic mass is 16.5. The molecule has 0 unspecified atom stereocenters. The third-order valence-electron chi connectivity index (χ3n) is 5.25. The summed E-state index contributed by atoms with van der Waals surface area (Å²) in [5, 5.41) is 8.65. The highest BCUT2D eigenvalue weighted by Gasteiger charge is 2.20. The van der Waals surface area contributed by atoms with Crippen LogP contribution in [-0.2, 0) is 13.5 Å². The molecule has 0 spiro atoms. The zero-order valence-electron chi connectivity index (χ0n) is 16.3. The Bertz CT molecular complexity index is 1190. The third kappa shape index (κ3) is 3.26. The van der Waals surface area contributed by atoms with Crippen LogP contribution in [-0.4, -0.2) is 42.9 Å². The van der Waals surface area contributed by atoms with Gasteiger partial charge in [-0.25, -0.2) is 15.0 Å². The van der Waals surface area contributed by atoms with Gasteiger partial charge in [-0.2, -0.15) is 5.10 Å². The van der Waals surface area contributed by atoms with Gasteiger partial charge >= 0.3 is 0 Å². The largest absolute Gasteiger partial charge is 0.491 e. The number of pyridine rings is 2. The van der Waals surface area contributed by atoms with Crippen LogP contribution in [0.2, 0.25) is 0 Å². The molecular formula is C21H21N7O. The van der Waals surface area contributed by atoms with E-state index in [4.69, 9.17) is 4.74 Å². The number of nitrogens with zero attached hydrogens (tertiary/aromatic N) is 6. The minimum atomic E-state index is 0.261. The lowest BCUT2D eigenvalue weighted by Gasteiger charge is -2.16. The molecule has 0 radical (unpaired) electrons. The van der Waals surface area contributed by atoms with Gasteiger partial charge in [0.2, 0.25) is 0 Å². The fourth-order valence-corrected chi connectivity index (χ4v) is 3.65. The summed E-state index contributed by atoms with van der Waals surface area (Å²) in [4.78, 5) is 17.7. The van der Waals surface area contributed by atoms with E-state index in [1.54, 1.807) is 11.0 Å². The van der Waals surface area contributed by atoms with Crippen molar-refractivity contribution in [2.45, 2.75) is 19.3 Å². The van der Waals surface area contributed by atoms with E-state index in [1.165, 1.54) is 5.56 Å². The zero-order valence-corrected chi connectivity index (χ0v) is 16.3. The Balaban J connectivity index is 1.34. The van der Waals surface area contributed by atoms with E-state index in [9.17, 15) is 0 Å². The van der Waals surface area contributed by atoms with Crippen LogP contribution in [0.1, 0.15) is 24.1 Å². The Labute approximate surface area is 168 Å². The molecule has 0 fully saturated rings. The van der Waals surface area contributed by atoms with Gasteiger partial charge in [0.05, 0.1) is 24.2 Å². The molecule has 146 valence electrons. The van der Waals surface area contributed by atoms with Crippen LogP contribution in [0.25, 0.3) is 22.3 Å². The number of rotatable bonds is 5. The van der Waals surface area contributed by atoms with Crippen molar-refractivity contribution in [1.29, 1.82) is 0 Å². The van der Waals surface area contributed by atoms with Crippen molar-refractivity contribution < 1.29 is 4.74 Å². The summed E-state index contributed by atoms with van der Waals surface area (Å²) in [5.41, 5.74) is 4.84. The Morgan fingerprint density at radius 2 is 2.10 bits per heavy atom. The molecule has 1 N–H and O–H groups in total. The zero-order chi connectivity index (χ0) is 19.8. The van der Waals surface area contributed by atoms with Gasteiger partial charge in [-0.05, 0) is 12.1 Å². The van der Waals surface area contributed by atoms with Crippen molar-refractivity contribution in [2.24, 2.45) is 7.05 Å². The molecule has 4 aromatic rings. The van der Waals surface area contributed by atoms with Gasteiger partial charge in [-0.15, -0.1) is 0 Å². The third-order valence-corrected chi connectivity index (χ3v) is 5.25. The van der Waals surface area contributed by atoms with Gasteiger partial charge in [0.15, 0.2) is 5.65 Å². The molecule has 8 nitrogen and oxygen atoms in total. The van der Waals surface area contributed by atoms with Crippen LogP contribution in [0.5, 0.6) is 5.75 Å². The fraction of sp³-hybridized carbons (Fsp3) is 0.286. The van der Waals surface area contributed by atoms with Crippen molar-refractivity contribution in [1.82, 2.24) is 29.7 Å². The van der Waals surface area contributed by atoms with Crippen molar-refractivity contribution in [2.75, 3.05) is 18.5 Å². The molecule has 1 aliphatic heterocycles. The quantitative estimate of drug-likeness (QED) is 0.563. The first-order valence-corrected chi connectivity index (χ1v) is 9.63. The minimum Gasteiger partial charge on any atom is -0.491 e. The molecule has 5 rings (SSSR count). The first-order chi connectivity index (χ1) is 14.2. The van der Waals surface area contributed by atoms with Crippen molar-refractivity contribution in [3.05, 3.63) is 54.4 Å². The number of aromatic nitrogens is 6. The molecule has 0 saturated carbocycles. The molecule has 5 heterocycles. The Kier molecular flexibility index (Phi) is 4.31. The van der Waals surface area contributed by atoms with E-state index in [0.717, 1.165) is 52.5 Å². The van der Waals surface area contributed by atoms with E-state index >= 15 is 0 Å². The monoisotopic (exact) mass is 387 g/mol. The normalized spacial score (nSPS) is 13.9. The summed E-state index contributed by atoms with van der Waals surface area (Å²) in [6.45, 7) is 3.62. The van der Waals surface area contributed by atoms with Crippen LogP contribution in [0, 0.1) is 0 Å². The fourth-order valence-electron chi connectivity index (χ4n) is 3.65. The standard InChI is InChI=1S/C21H21N7O/c1-13(16-3-5-22-17-4-6-29-20(16)17)9-23-19-8-18(25-12-26-19)14-7-15-11-27-28(2)21(15)24-10-14/h3,5,7-8,10-13H,4,6,9H2,1-2H3,(H,23,25,26)/t13-/m1/s1. The number of anilines is 1. The molecule has 8 heteroatoms. The van der Waals surface area contributed by atoms with Gasteiger partial charge in [-0.3, -0.25) is 9.67 Å². The molecule has 0 amide bonds. The minimum absolute atomic E-state index is 0.261. The predicted molar refractivity (Wildman–Crippen MR) is 110 cm³/mol. The molecule has 0 aliphatic carbocycles. The maximum Gasteiger partial charge on any atom is 0.157 e. The SMILES string of the molecule is C[C@H](CNc1cc(-c2cnc3c(cnn3C)c2)ncn1)c1ccnc2c1OCC2. The molecule has 0 bridgehead atoms. The summed E-state index contributed by atoms with van der Waals surface area (Å²) >= 11 is 0. The number of ether oxygens (including phenoxy) is 1. The second kappa shape index (κ2) is 7.12. The van der Waals surface area contributed by atoms with Crippen LogP contribution in [0.15, 0.2) is 43.1 Å².